The predicted octanol–water partition coefficient (Wildman–Crippen LogP) is 6.01. The second kappa shape index (κ2) is 17.8. The topological polar surface area (TPSA) is 105 Å². The van der Waals surface area contributed by atoms with Gasteiger partial charge in [-0.15, -0.1) is 0 Å². The van der Waals surface area contributed by atoms with Gasteiger partial charge in [-0.1, -0.05) is 53.0 Å². The van der Waals surface area contributed by atoms with Crippen molar-refractivity contribution in [3.05, 3.63) is 60.0 Å². The van der Waals surface area contributed by atoms with Crippen LogP contribution in [0.25, 0.3) is 5.57 Å². The van der Waals surface area contributed by atoms with E-state index in [2.05, 4.69) is 23.8 Å². The zero-order valence-corrected chi connectivity index (χ0v) is 25.0. The van der Waals surface area contributed by atoms with Crippen molar-refractivity contribution in [3.63, 3.8) is 0 Å². The molecule has 1 heterocycles. The van der Waals surface area contributed by atoms with Crippen LogP contribution in [-0.2, 0) is 23.9 Å². The van der Waals surface area contributed by atoms with E-state index in [4.69, 9.17) is 9.53 Å². The highest BCUT2D eigenvalue weighted by Crippen LogP contribution is 2.33. The van der Waals surface area contributed by atoms with Crippen LogP contribution in [0.15, 0.2) is 54.4 Å². The molecule has 0 spiro atoms. The molecule has 3 rings (SSSR count). The number of benzene rings is 1. The highest BCUT2D eigenvalue weighted by Gasteiger charge is 2.34. The van der Waals surface area contributed by atoms with Crippen LogP contribution < -0.4 is 10.6 Å². The van der Waals surface area contributed by atoms with E-state index in [1.54, 1.807) is 0 Å². The molecule has 0 radical (unpaired) electrons. The molecule has 1 saturated heterocycles. The van der Waals surface area contributed by atoms with Crippen LogP contribution in [0.4, 0.5) is 5.69 Å². The van der Waals surface area contributed by atoms with E-state index in [1.807, 2.05) is 72.9 Å². The molecule has 1 aromatic carbocycles. The maximum atomic E-state index is 12.6. The van der Waals surface area contributed by atoms with Gasteiger partial charge in [0, 0.05) is 19.3 Å². The maximum absolute atomic E-state index is 12.6. The van der Waals surface area contributed by atoms with Crippen LogP contribution in [0.3, 0.4) is 0 Å². The number of anilines is 1. The molecule has 0 bridgehead atoms. The first kappa shape index (κ1) is 35.3. The monoisotopic (exact) mass is 541 g/mol. The zero-order valence-electron chi connectivity index (χ0n) is 25.0. The number of nitrogens with one attached hydrogen (secondary N) is 2. The van der Waals surface area contributed by atoms with Crippen LogP contribution in [0.5, 0.6) is 0 Å². The Labute approximate surface area is 234 Å². The Bertz CT molecular complexity index is 1030. The summed E-state index contributed by atoms with van der Waals surface area (Å²) < 4.78 is 5.53. The molecular weight excluding hydrogens is 494 g/mol. The number of esters is 1. The van der Waals surface area contributed by atoms with E-state index in [9.17, 15) is 14.4 Å². The highest BCUT2D eigenvalue weighted by atomic mass is 16.6. The van der Waals surface area contributed by atoms with Crippen LogP contribution in [0, 0.1) is 0 Å². The minimum atomic E-state index is -0.662. The fourth-order valence-electron chi connectivity index (χ4n) is 4.09. The maximum Gasteiger partial charge on any atom is 0.354 e. The molecule has 1 saturated carbocycles. The summed E-state index contributed by atoms with van der Waals surface area (Å²) in [6, 6.07) is 7.92. The molecule has 216 valence electrons. The van der Waals surface area contributed by atoms with Crippen molar-refractivity contribution in [3.8, 4) is 0 Å². The molecule has 1 aromatic rings. The second-order valence-electron chi connectivity index (χ2n) is 8.87. The second-order valence-corrected chi connectivity index (χ2v) is 8.87. The molecule has 8 nitrogen and oxygen atoms in total. The molecule has 2 N–H and O–H groups in total. The van der Waals surface area contributed by atoms with E-state index in [-0.39, 0.29) is 30.3 Å². The summed E-state index contributed by atoms with van der Waals surface area (Å²) >= 11 is 0. The average molecular weight is 542 g/mol. The van der Waals surface area contributed by atoms with Gasteiger partial charge in [-0.25, -0.2) is 4.79 Å². The van der Waals surface area contributed by atoms with Crippen molar-refractivity contribution in [2.75, 3.05) is 18.9 Å². The minimum Gasteiger partial charge on any atom is -0.455 e. The summed E-state index contributed by atoms with van der Waals surface area (Å²) in [5.41, 5.74) is 3.23. The number of allylic oxidation sites excluding steroid dienone is 1. The van der Waals surface area contributed by atoms with Crippen molar-refractivity contribution >= 4 is 35.3 Å². The minimum absolute atomic E-state index is 0.0237. The van der Waals surface area contributed by atoms with E-state index >= 15 is 0 Å². The molecule has 0 unspecified atom stereocenters. The Kier molecular flexibility index (Phi) is 16.1. The van der Waals surface area contributed by atoms with Gasteiger partial charge in [0.25, 0.3) is 5.91 Å². The standard InChI is InChI=1S/C25H31N3O4.C2H4O.2C2H6/c1-16(19-8-10-21(26-5)11-9-19)20-14-22(29)28(15-20)18(3)23(30)27-17(2)24(31)32-25(4)12-6-7-13-25;1-2-3;2*1-2/h8-11,26H,2-3,6-7,12-15H2,1,4-5H3,(H,27,30);2H,1H3;2*1-2H3/b20-16-;;;. The van der Waals surface area contributed by atoms with E-state index < -0.39 is 17.5 Å². The number of nitrogens with zero attached hydrogens (tertiary/aromatic N) is 1. The first-order chi connectivity index (χ1) is 18.5. The van der Waals surface area contributed by atoms with Crippen molar-refractivity contribution < 1.29 is 23.9 Å². The quantitative estimate of drug-likeness (QED) is 0.249. The van der Waals surface area contributed by atoms with Gasteiger partial charge in [-0.3, -0.25) is 9.59 Å². The molecule has 1 aliphatic carbocycles. The van der Waals surface area contributed by atoms with Crippen LogP contribution in [0.1, 0.15) is 86.1 Å². The molecule has 0 atom stereocenters. The molecule has 0 aromatic heterocycles. The van der Waals surface area contributed by atoms with Crippen molar-refractivity contribution in [2.45, 2.75) is 86.2 Å². The number of ether oxygens (including phenoxy) is 1. The first-order valence-electron chi connectivity index (χ1n) is 13.6. The van der Waals surface area contributed by atoms with Gasteiger partial charge in [0.15, 0.2) is 0 Å². The van der Waals surface area contributed by atoms with E-state index in [0.717, 1.165) is 54.4 Å². The lowest BCUT2D eigenvalue weighted by Crippen LogP contribution is -2.38. The Balaban J connectivity index is 0.00000189. The molecule has 1 aliphatic heterocycles. The molecule has 2 aliphatic rings. The molecule has 2 fully saturated rings. The normalized spacial score (nSPS) is 16.1. The van der Waals surface area contributed by atoms with Crippen molar-refractivity contribution in [1.82, 2.24) is 10.2 Å². The number of hydrogen-bond acceptors (Lipinski definition) is 6. The van der Waals surface area contributed by atoms with Gasteiger partial charge < -0.3 is 25.1 Å². The SMILES string of the molecule is C=C(NC(=O)C(=C)N1C/C(=C(/C)c2ccc(NC)cc2)CC1=O)C(=O)OC1(C)CCCC1.CC.CC.CC=O. The third-order valence-electron chi connectivity index (χ3n) is 6.25. The lowest BCUT2D eigenvalue weighted by atomic mass is 10.0. The number of carbonyl (C=O) groups excluding carboxylic acids is 4. The van der Waals surface area contributed by atoms with Crippen molar-refractivity contribution in [2.24, 2.45) is 0 Å². The third kappa shape index (κ3) is 10.5. The van der Waals surface area contributed by atoms with Crippen LogP contribution in [0.2, 0.25) is 0 Å². The Morgan fingerprint density at radius 2 is 1.56 bits per heavy atom. The number of likely N-dealkylation sites (tertiary alicyclic amines) is 1. The van der Waals surface area contributed by atoms with E-state index in [1.165, 1.54) is 11.8 Å². The largest absolute Gasteiger partial charge is 0.455 e. The van der Waals surface area contributed by atoms with Gasteiger partial charge >= 0.3 is 5.97 Å². The number of hydrogen-bond donors (Lipinski definition) is 2. The number of aldehydes is 1. The highest BCUT2D eigenvalue weighted by molar-refractivity contribution is 6.03. The third-order valence-corrected chi connectivity index (χ3v) is 6.25. The lowest BCUT2D eigenvalue weighted by molar-refractivity contribution is -0.153. The Morgan fingerprint density at radius 3 is 2.05 bits per heavy atom. The van der Waals surface area contributed by atoms with Gasteiger partial charge in [0.05, 0.1) is 6.42 Å². The molecular formula is C31H47N3O5. The summed E-state index contributed by atoms with van der Waals surface area (Å²) in [4.78, 5) is 47.7. The smallest absolute Gasteiger partial charge is 0.354 e. The fourth-order valence-corrected chi connectivity index (χ4v) is 4.09. The Hall–Kier alpha value is -3.68. The van der Waals surface area contributed by atoms with Gasteiger partial charge in [-0.2, -0.15) is 0 Å². The van der Waals surface area contributed by atoms with Crippen LogP contribution >= 0.6 is 0 Å². The molecule has 8 heteroatoms. The number of carbonyl (C=O) groups is 4. The fraction of sp³-hybridized carbons (Fsp3) is 0.484. The molecule has 39 heavy (non-hydrogen) atoms. The van der Waals surface area contributed by atoms with Crippen molar-refractivity contribution in [1.29, 1.82) is 0 Å². The number of rotatable bonds is 7. The van der Waals surface area contributed by atoms with Gasteiger partial charge in [0.1, 0.15) is 23.3 Å². The first-order valence-corrected chi connectivity index (χ1v) is 13.6. The zero-order chi connectivity index (χ0) is 30.2. The van der Waals surface area contributed by atoms with E-state index in [0.29, 0.717) is 0 Å². The predicted molar refractivity (Wildman–Crippen MR) is 159 cm³/mol. The summed E-state index contributed by atoms with van der Waals surface area (Å²) in [5.74, 6) is -1.52. The van der Waals surface area contributed by atoms with Gasteiger partial charge in [0.2, 0.25) is 5.91 Å². The van der Waals surface area contributed by atoms with Gasteiger partial charge in [-0.05, 0) is 75.3 Å². The van der Waals surface area contributed by atoms with Crippen LogP contribution in [-0.4, -0.2) is 48.2 Å². The summed E-state index contributed by atoms with van der Waals surface area (Å²) in [5, 5.41) is 5.51. The lowest BCUT2D eigenvalue weighted by Gasteiger charge is -2.25. The Morgan fingerprint density at radius 1 is 1.05 bits per heavy atom. The summed E-state index contributed by atoms with van der Waals surface area (Å²) in [6.07, 6.45) is 4.56. The molecule has 2 amide bonds. The average Bonchev–Trinajstić information content (AvgIpc) is 3.55. The summed E-state index contributed by atoms with van der Waals surface area (Å²) in [6.45, 7) is 21.0. The summed E-state index contributed by atoms with van der Waals surface area (Å²) in [7, 11) is 1.86. The number of amides is 2.